The molecule has 1 radical (unpaired) electrons. The van der Waals surface area contributed by atoms with Gasteiger partial charge in [0, 0.05) is 43.3 Å². The molecule has 0 saturated heterocycles. The first kappa shape index (κ1) is 15.8. The molecule has 5 rings (SSSR count). The minimum Gasteiger partial charge on any atom is -0.454 e. The summed E-state index contributed by atoms with van der Waals surface area (Å²) in [4.78, 5) is 4.51. The zero-order chi connectivity index (χ0) is 15.9. The molecular formula is C21H13IrN2O-. The van der Waals surface area contributed by atoms with Crippen LogP contribution in [0.4, 0.5) is 0 Å². The van der Waals surface area contributed by atoms with E-state index >= 15 is 0 Å². The van der Waals surface area contributed by atoms with E-state index in [-0.39, 0.29) is 20.1 Å². The van der Waals surface area contributed by atoms with Gasteiger partial charge in [-0.25, -0.2) is 0 Å². The minimum atomic E-state index is 0. The zero-order valence-electron chi connectivity index (χ0n) is 13.1. The molecule has 123 valence electrons. The number of hydrogen-bond donors (Lipinski definition) is 0. The summed E-state index contributed by atoms with van der Waals surface area (Å²) in [6, 6.07) is 25.4. The normalized spacial score (nSPS) is 10.9. The Balaban J connectivity index is 0.00000157. The molecule has 0 unspecified atom stereocenters. The fraction of sp³-hybridized carbons (Fsp3) is 0. The number of fused-ring (bicyclic) bond motifs is 3. The molecule has 0 fully saturated rings. The molecule has 2 aromatic heterocycles. The molecule has 0 N–H and O–H groups in total. The summed E-state index contributed by atoms with van der Waals surface area (Å²) >= 11 is 0. The molecule has 0 spiro atoms. The van der Waals surface area contributed by atoms with Gasteiger partial charge in [0.25, 0.3) is 0 Å². The molecule has 0 aliphatic carbocycles. The van der Waals surface area contributed by atoms with Crippen LogP contribution >= 0.6 is 0 Å². The van der Waals surface area contributed by atoms with Gasteiger partial charge in [-0.1, -0.05) is 30.3 Å². The Labute approximate surface area is 158 Å². The molecule has 0 bridgehead atoms. The van der Waals surface area contributed by atoms with E-state index in [2.05, 4.69) is 39.9 Å². The van der Waals surface area contributed by atoms with Crippen LogP contribution in [0.15, 0.2) is 83.5 Å². The second kappa shape index (κ2) is 6.32. The van der Waals surface area contributed by atoms with E-state index in [1.165, 1.54) is 0 Å². The van der Waals surface area contributed by atoms with Crippen molar-refractivity contribution in [1.29, 1.82) is 0 Å². The Kier molecular flexibility index (Phi) is 4.00. The maximum absolute atomic E-state index is 6.14. The summed E-state index contributed by atoms with van der Waals surface area (Å²) in [6.45, 7) is 0. The smallest absolute Gasteiger partial charge is 0.158 e. The minimum absolute atomic E-state index is 0. The quantitative estimate of drug-likeness (QED) is 0.310. The van der Waals surface area contributed by atoms with Crippen LogP contribution in [0.3, 0.4) is 0 Å². The van der Waals surface area contributed by atoms with Crippen LogP contribution in [0.25, 0.3) is 39.0 Å². The van der Waals surface area contributed by atoms with Gasteiger partial charge in [0.05, 0.1) is 11.5 Å². The number of furan rings is 1. The molecule has 0 saturated carbocycles. The van der Waals surface area contributed by atoms with E-state index in [4.69, 9.17) is 4.42 Å². The summed E-state index contributed by atoms with van der Waals surface area (Å²) in [5.74, 6) is 0.851. The molecule has 0 aliphatic rings. The SMILES string of the molecule is [Ir].[c-]1ccccc1-c1nccn1-c1cccc2c1oc1ccccc12. The molecule has 5 aromatic rings. The number of hydrogen-bond acceptors (Lipinski definition) is 2. The third-order valence-corrected chi connectivity index (χ3v) is 4.23. The topological polar surface area (TPSA) is 31.0 Å². The van der Waals surface area contributed by atoms with Crippen molar-refractivity contribution in [2.75, 3.05) is 0 Å². The van der Waals surface area contributed by atoms with Crippen LogP contribution in [0, 0.1) is 6.07 Å². The van der Waals surface area contributed by atoms with Gasteiger partial charge in [-0.3, -0.25) is 4.98 Å². The molecule has 3 aromatic carbocycles. The van der Waals surface area contributed by atoms with Gasteiger partial charge in [-0.05, 0) is 12.1 Å². The molecule has 0 atom stereocenters. The van der Waals surface area contributed by atoms with E-state index < -0.39 is 0 Å². The van der Waals surface area contributed by atoms with Crippen molar-refractivity contribution in [2.45, 2.75) is 0 Å². The van der Waals surface area contributed by atoms with Crippen molar-refractivity contribution in [2.24, 2.45) is 0 Å². The van der Waals surface area contributed by atoms with Crippen molar-refractivity contribution in [1.82, 2.24) is 9.55 Å². The van der Waals surface area contributed by atoms with Gasteiger partial charge in [0.2, 0.25) is 0 Å². The second-order valence-corrected chi connectivity index (χ2v) is 5.65. The van der Waals surface area contributed by atoms with Gasteiger partial charge in [0.1, 0.15) is 5.58 Å². The predicted octanol–water partition coefficient (Wildman–Crippen LogP) is 5.24. The molecule has 2 heterocycles. The van der Waals surface area contributed by atoms with Crippen molar-refractivity contribution in [3.63, 3.8) is 0 Å². The van der Waals surface area contributed by atoms with E-state index in [0.717, 1.165) is 39.0 Å². The number of imidazole rings is 1. The summed E-state index contributed by atoms with van der Waals surface area (Å²) in [7, 11) is 0. The van der Waals surface area contributed by atoms with Crippen LogP contribution in [-0.2, 0) is 20.1 Å². The third kappa shape index (κ3) is 2.51. The first-order valence-corrected chi connectivity index (χ1v) is 7.83. The van der Waals surface area contributed by atoms with Crippen LogP contribution in [0.1, 0.15) is 0 Å². The number of nitrogens with zero attached hydrogens (tertiary/aromatic N) is 2. The van der Waals surface area contributed by atoms with Gasteiger partial charge in [0.15, 0.2) is 5.58 Å². The second-order valence-electron chi connectivity index (χ2n) is 5.65. The maximum atomic E-state index is 6.14. The Morgan fingerprint density at radius 1 is 0.880 bits per heavy atom. The van der Waals surface area contributed by atoms with Gasteiger partial charge in [-0.15, -0.1) is 35.9 Å². The maximum Gasteiger partial charge on any atom is 0.158 e. The molecule has 0 amide bonds. The van der Waals surface area contributed by atoms with Crippen LogP contribution in [-0.4, -0.2) is 9.55 Å². The van der Waals surface area contributed by atoms with Gasteiger partial charge < -0.3 is 8.98 Å². The van der Waals surface area contributed by atoms with Crippen LogP contribution in [0.5, 0.6) is 0 Å². The average molecular weight is 502 g/mol. The first-order valence-electron chi connectivity index (χ1n) is 7.83. The summed E-state index contributed by atoms with van der Waals surface area (Å²) in [5, 5.41) is 2.24. The summed E-state index contributed by atoms with van der Waals surface area (Å²) in [5.41, 5.74) is 3.70. The number of benzene rings is 3. The third-order valence-electron chi connectivity index (χ3n) is 4.23. The van der Waals surface area contributed by atoms with Gasteiger partial charge in [-0.2, -0.15) is 0 Å². The standard InChI is InChI=1S/C21H13N2O.Ir/c1-2-7-15(8-3-1)21-22-13-14-23(21)18-11-6-10-17-16-9-4-5-12-19(16)24-20(17)18;/h1-7,9-14H;/q-1;. The number of para-hydroxylation sites is 2. The predicted molar refractivity (Wildman–Crippen MR) is 95.1 cm³/mol. The van der Waals surface area contributed by atoms with E-state index in [1.807, 2.05) is 48.7 Å². The van der Waals surface area contributed by atoms with Crippen molar-refractivity contribution < 1.29 is 24.5 Å². The van der Waals surface area contributed by atoms with E-state index in [1.54, 1.807) is 6.20 Å². The average Bonchev–Trinajstić information content (AvgIpc) is 3.27. The van der Waals surface area contributed by atoms with Gasteiger partial charge >= 0.3 is 0 Å². The van der Waals surface area contributed by atoms with Crippen molar-refractivity contribution >= 4 is 21.9 Å². The largest absolute Gasteiger partial charge is 0.454 e. The van der Waals surface area contributed by atoms with Crippen molar-refractivity contribution in [3.05, 3.63) is 85.2 Å². The number of rotatable bonds is 2. The Morgan fingerprint density at radius 2 is 1.72 bits per heavy atom. The fourth-order valence-electron chi connectivity index (χ4n) is 3.15. The van der Waals surface area contributed by atoms with Crippen molar-refractivity contribution in [3.8, 4) is 17.1 Å². The van der Waals surface area contributed by atoms with E-state index in [0.29, 0.717) is 0 Å². The van der Waals surface area contributed by atoms with E-state index in [9.17, 15) is 0 Å². The van der Waals surface area contributed by atoms with Crippen LogP contribution in [0.2, 0.25) is 0 Å². The zero-order valence-corrected chi connectivity index (χ0v) is 15.5. The molecule has 0 aliphatic heterocycles. The first-order chi connectivity index (χ1) is 11.9. The molecule has 25 heavy (non-hydrogen) atoms. The Bertz CT molecular complexity index is 1160. The molecule has 4 heteroatoms. The summed E-state index contributed by atoms with van der Waals surface area (Å²) < 4.78 is 8.19. The summed E-state index contributed by atoms with van der Waals surface area (Å²) in [6.07, 6.45) is 3.76. The number of aromatic nitrogens is 2. The molecule has 3 nitrogen and oxygen atoms in total. The Morgan fingerprint density at radius 3 is 2.60 bits per heavy atom. The Hall–Kier alpha value is -2.68. The fourth-order valence-corrected chi connectivity index (χ4v) is 3.15. The monoisotopic (exact) mass is 502 g/mol. The van der Waals surface area contributed by atoms with Crippen LogP contribution < -0.4 is 0 Å². The molecular weight excluding hydrogens is 488 g/mol.